The van der Waals surface area contributed by atoms with Gasteiger partial charge in [-0.25, -0.2) is 0 Å². The third-order valence-corrected chi connectivity index (χ3v) is 9.20. The molecule has 39 heavy (non-hydrogen) atoms. The largest absolute Gasteiger partial charge is 0.347 e. The minimum atomic E-state index is -0.622. The Morgan fingerprint density at radius 3 is 2.18 bits per heavy atom. The molecule has 1 heterocycles. The van der Waals surface area contributed by atoms with Crippen LogP contribution < -0.4 is 5.32 Å². The molecule has 1 aliphatic heterocycles. The lowest BCUT2D eigenvalue weighted by Gasteiger charge is -2.43. The van der Waals surface area contributed by atoms with E-state index in [1.165, 1.54) is 0 Å². The average Bonchev–Trinajstić information content (AvgIpc) is 3.66. The van der Waals surface area contributed by atoms with Gasteiger partial charge in [-0.1, -0.05) is 89.9 Å². The molecule has 2 unspecified atom stereocenters. The van der Waals surface area contributed by atoms with Gasteiger partial charge in [0.15, 0.2) is 0 Å². The summed E-state index contributed by atoms with van der Waals surface area (Å²) < 4.78 is 0. The van der Waals surface area contributed by atoms with Gasteiger partial charge in [-0.15, -0.1) is 0 Å². The highest BCUT2D eigenvalue weighted by atomic mass is 35.5. The second-order valence-electron chi connectivity index (χ2n) is 11.1. The zero-order chi connectivity index (χ0) is 27.6. The number of halogens is 2. The van der Waals surface area contributed by atoms with Crippen LogP contribution in [0.25, 0.3) is 0 Å². The molecule has 204 valence electrons. The first-order chi connectivity index (χ1) is 18.7. The number of likely N-dealkylation sites (N-methyl/N-ethyl adjacent to an activating group) is 1. The van der Waals surface area contributed by atoms with Gasteiger partial charge in [0, 0.05) is 40.2 Å². The third kappa shape index (κ3) is 5.72. The van der Waals surface area contributed by atoms with Gasteiger partial charge in [0.05, 0.1) is 21.0 Å². The summed E-state index contributed by atoms with van der Waals surface area (Å²) >= 11 is 12.7. The molecule has 2 fully saturated rings. The van der Waals surface area contributed by atoms with E-state index in [1.807, 2.05) is 72.6 Å². The molecule has 5 rings (SSSR count). The van der Waals surface area contributed by atoms with Crippen molar-refractivity contribution in [3.63, 3.8) is 0 Å². The van der Waals surface area contributed by atoms with Crippen LogP contribution in [-0.2, 0) is 27.1 Å². The number of benzene rings is 3. The van der Waals surface area contributed by atoms with Gasteiger partial charge in [0.2, 0.25) is 11.8 Å². The Labute approximate surface area is 241 Å². The standard InChI is InChI=1S/C32H35Cl2N3O2/c1-23(38)35-31(25-11-7-4-8-12-25)15-17-37(18-16-31)22-27-20-32(27,26-13-14-28(33)29(34)19-26)30(39)36(2)21-24-9-5-3-6-10-24/h3-14,19,27H,15-18,20-22H2,1-2H3,(H,35,38). The molecule has 2 atom stereocenters. The number of amides is 2. The van der Waals surface area contributed by atoms with Crippen molar-refractivity contribution in [1.29, 1.82) is 0 Å². The molecule has 1 saturated heterocycles. The Kier molecular flexibility index (Phi) is 8.04. The van der Waals surface area contributed by atoms with Crippen molar-refractivity contribution in [3.05, 3.63) is 106 Å². The summed E-state index contributed by atoms with van der Waals surface area (Å²) in [7, 11) is 1.88. The first-order valence-electron chi connectivity index (χ1n) is 13.6. The molecule has 0 aromatic heterocycles. The lowest BCUT2D eigenvalue weighted by Crippen LogP contribution is -2.53. The molecule has 1 aliphatic carbocycles. The van der Waals surface area contributed by atoms with Gasteiger partial charge in [0.25, 0.3) is 0 Å². The molecule has 1 saturated carbocycles. The number of carbonyl (C=O) groups excluding carboxylic acids is 2. The average molecular weight is 565 g/mol. The van der Waals surface area contributed by atoms with Crippen LogP contribution in [0.5, 0.6) is 0 Å². The van der Waals surface area contributed by atoms with E-state index < -0.39 is 5.41 Å². The first kappa shape index (κ1) is 27.7. The maximum absolute atomic E-state index is 14.1. The fraction of sp³-hybridized carbons (Fsp3) is 0.375. The predicted molar refractivity (Wildman–Crippen MR) is 157 cm³/mol. The highest BCUT2D eigenvalue weighted by molar-refractivity contribution is 6.42. The van der Waals surface area contributed by atoms with Crippen molar-refractivity contribution in [2.45, 2.75) is 43.7 Å². The Bertz CT molecular complexity index is 1330. The Morgan fingerprint density at radius 1 is 0.923 bits per heavy atom. The first-order valence-corrected chi connectivity index (χ1v) is 14.3. The highest BCUT2D eigenvalue weighted by Crippen LogP contribution is 2.56. The van der Waals surface area contributed by atoms with Crippen LogP contribution in [0.4, 0.5) is 0 Å². The van der Waals surface area contributed by atoms with Crippen LogP contribution >= 0.6 is 23.2 Å². The zero-order valence-electron chi connectivity index (χ0n) is 22.5. The highest BCUT2D eigenvalue weighted by Gasteiger charge is 2.62. The van der Waals surface area contributed by atoms with E-state index >= 15 is 0 Å². The Hall–Kier alpha value is -2.86. The molecule has 7 heteroatoms. The molecule has 3 aromatic carbocycles. The van der Waals surface area contributed by atoms with Crippen LogP contribution in [0, 0.1) is 5.92 Å². The van der Waals surface area contributed by atoms with E-state index in [1.54, 1.807) is 13.0 Å². The predicted octanol–water partition coefficient (Wildman–Crippen LogP) is 6.04. The lowest BCUT2D eigenvalue weighted by atomic mass is 9.80. The fourth-order valence-corrected chi connectivity index (χ4v) is 6.64. The number of rotatable bonds is 8. The van der Waals surface area contributed by atoms with Crippen LogP contribution in [-0.4, -0.2) is 48.3 Å². The van der Waals surface area contributed by atoms with Gasteiger partial charge in [-0.2, -0.15) is 0 Å². The van der Waals surface area contributed by atoms with E-state index in [-0.39, 0.29) is 23.3 Å². The maximum Gasteiger partial charge on any atom is 0.233 e. The molecular formula is C32H35Cl2N3O2. The van der Waals surface area contributed by atoms with Crippen LogP contribution in [0.2, 0.25) is 10.0 Å². The number of likely N-dealkylation sites (tertiary alicyclic amines) is 1. The second kappa shape index (κ2) is 11.3. The van der Waals surface area contributed by atoms with Gasteiger partial charge >= 0.3 is 0 Å². The van der Waals surface area contributed by atoms with Crippen molar-refractivity contribution in [2.75, 3.05) is 26.7 Å². The molecule has 1 N–H and O–H groups in total. The summed E-state index contributed by atoms with van der Waals surface area (Å²) in [5.74, 6) is 0.272. The summed E-state index contributed by atoms with van der Waals surface area (Å²) in [4.78, 5) is 30.5. The van der Waals surface area contributed by atoms with E-state index in [0.717, 1.165) is 55.6 Å². The lowest BCUT2D eigenvalue weighted by molar-refractivity contribution is -0.133. The van der Waals surface area contributed by atoms with Gasteiger partial charge < -0.3 is 15.1 Å². The minimum Gasteiger partial charge on any atom is -0.347 e. The van der Waals surface area contributed by atoms with Crippen LogP contribution in [0.3, 0.4) is 0 Å². The number of hydrogen-bond donors (Lipinski definition) is 1. The van der Waals surface area contributed by atoms with Crippen molar-refractivity contribution < 1.29 is 9.59 Å². The van der Waals surface area contributed by atoms with Crippen molar-refractivity contribution >= 4 is 35.0 Å². The van der Waals surface area contributed by atoms with Gasteiger partial charge in [-0.3, -0.25) is 9.59 Å². The van der Waals surface area contributed by atoms with Gasteiger partial charge in [-0.05, 0) is 54.0 Å². The van der Waals surface area contributed by atoms with E-state index in [4.69, 9.17) is 23.2 Å². The van der Waals surface area contributed by atoms with Crippen molar-refractivity contribution in [3.8, 4) is 0 Å². The number of piperidine rings is 1. The molecule has 0 radical (unpaired) electrons. The topological polar surface area (TPSA) is 52.7 Å². The quantitative estimate of drug-likeness (QED) is 0.363. The minimum absolute atomic E-state index is 0.0137. The molecule has 0 spiro atoms. The van der Waals surface area contributed by atoms with Crippen molar-refractivity contribution in [1.82, 2.24) is 15.1 Å². The number of carbonyl (C=O) groups is 2. The summed E-state index contributed by atoms with van der Waals surface area (Å²) in [6.07, 6.45) is 2.42. The molecule has 2 aliphatic rings. The summed E-state index contributed by atoms with van der Waals surface area (Å²) in [5, 5.41) is 4.22. The Morgan fingerprint density at radius 2 is 1.56 bits per heavy atom. The smallest absolute Gasteiger partial charge is 0.233 e. The normalized spacial score (nSPS) is 22.2. The van der Waals surface area contributed by atoms with Crippen LogP contribution in [0.15, 0.2) is 78.9 Å². The fourth-order valence-electron chi connectivity index (χ4n) is 6.34. The SMILES string of the molecule is CC(=O)NC1(c2ccccc2)CCN(CC2CC2(C(=O)N(C)Cc2ccccc2)c2ccc(Cl)c(Cl)c2)CC1. The van der Waals surface area contributed by atoms with E-state index in [0.29, 0.717) is 16.6 Å². The third-order valence-electron chi connectivity index (χ3n) is 8.46. The molecule has 2 amide bonds. The molecule has 5 nitrogen and oxygen atoms in total. The number of nitrogens with zero attached hydrogens (tertiary/aromatic N) is 2. The van der Waals surface area contributed by atoms with Gasteiger partial charge in [0.1, 0.15) is 0 Å². The second-order valence-corrected chi connectivity index (χ2v) is 11.9. The summed E-state index contributed by atoms with van der Waals surface area (Å²) in [5.41, 5.74) is 2.19. The molecular weight excluding hydrogens is 529 g/mol. The molecule has 0 bridgehead atoms. The summed E-state index contributed by atoms with van der Waals surface area (Å²) in [6.45, 7) is 4.64. The van der Waals surface area contributed by atoms with Crippen LogP contribution in [0.1, 0.15) is 42.9 Å². The van der Waals surface area contributed by atoms with Crippen molar-refractivity contribution in [2.24, 2.45) is 5.92 Å². The maximum atomic E-state index is 14.1. The zero-order valence-corrected chi connectivity index (χ0v) is 24.0. The number of nitrogens with one attached hydrogen (secondary N) is 1. The monoisotopic (exact) mass is 563 g/mol. The summed E-state index contributed by atoms with van der Waals surface area (Å²) in [6, 6.07) is 25.9. The molecule has 3 aromatic rings. The van der Waals surface area contributed by atoms with E-state index in [2.05, 4.69) is 22.3 Å². The number of hydrogen-bond acceptors (Lipinski definition) is 3. The van der Waals surface area contributed by atoms with E-state index in [9.17, 15) is 9.59 Å². The Balaban J connectivity index is 1.34.